The van der Waals surface area contributed by atoms with Gasteiger partial charge in [0.15, 0.2) is 11.4 Å². The number of para-hydroxylation sites is 1. The second-order valence-electron chi connectivity index (χ2n) is 8.13. The normalized spacial score (nSPS) is 17.3. The monoisotopic (exact) mass is 456 g/mol. The Morgan fingerprint density at radius 1 is 0.879 bits per heavy atom. The van der Waals surface area contributed by atoms with Gasteiger partial charge in [0, 0.05) is 34.2 Å². The highest BCUT2D eigenvalue weighted by Crippen LogP contribution is 2.43. The van der Waals surface area contributed by atoms with Crippen molar-refractivity contribution in [3.05, 3.63) is 119 Å². The van der Waals surface area contributed by atoms with E-state index in [0.717, 1.165) is 11.3 Å². The van der Waals surface area contributed by atoms with Crippen LogP contribution in [0, 0.1) is 0 Å². The number of benzene rings is 3. The van der Waals surface area contributed by atoms with E-state index in [9.17, 15) is 14.7 Å². The number of ketones is 1. The number of amides is 1. The molecule has 1 atom stereocenters. The number of nitrogens with zero attached hydrogens (tertiary/aromatic N) is 2. The Kier molecular flexibility index (Phi) is 5.36. The highest BCUT2D eigenvalue weighted by Gasteiger charge is 2.50. The van der Waals surface area contributed by atoms with Gasteiger partial charge in [-0.1, -0.05) is 41.9 Å². The van der Waals surface area contributed by atoms with Crippen LogP contribution in [0.15, 0.2) is 97.3 Å². The van der Waals surface area contributed by atoms with Crippen LogP contribution in [-0.2, 0) is 16.9 Å². The van der Waals surface area contributed by atoms with Gasteiger partial charge in [-0.2, -0.15) is 0 Å². The summed E-state index contributed by atoms with van der Waals surface area (Å²) in [6, 6.07) is 25.2. The number of carbonyl (C=O) groups excluding carboxylic acids is 2. The molecule has 5 rings (SSSR count). The molecule has 1 aliphatic rings. The van der Waals surface area contributed by atoms with Crippen LogP contribution in [0.1, 0.15) is 27.9 Å². The first kappa shape index (κ1) is 21.2. The average Bonchev–Trinajstić information content (AvgIpc) is 3.44. The van der Waals surface area contributed by atoms with E-state index in [1.54, 1.807) is 42.5 Å². The molecule has 0 unspecified atom stereocenters. The van der Waals surface area contributed by atoms with Crippen LogP contribution in [0.4, 0.5) is 5.69 Å². The first-order valence-electron chi connectivity index (χ1n) is 10.6. The minimum absolute atomic E-state index is 0.273. The van der Waals surface area contributed by atoms with Gasteiger partial charge in [0.25, 0.3) is 5.91 Å². The molecule has 4 aromatic rings. The molecule has 0 spiro atoms. The maximum atomic E-state index is 13.4. The van der Waals surface area contributed by atoms with Crippen molar-refractivity contribution < 1.29 is 14.7 Å². The Labute approximate surface area is 196 Å². The molecule has 0 fully saturated rings. The molecule has 164 valence electrons. The Morgan fingerprint density at radius 3 is 2.24 bits per heavy atom. The standard InChI is InChI=1S/C27H21ClN2O3/c28-21-11-7-19(8-12-21)18-30-24-6-2-1-5-23(24)27(33,26(30)32)17-25(31)20-9-13-22(14-10-20)29-15-3-4-16-29/h1-16,33H,17-18H2/t27-/m1/s1. The molecule has 1 aromatic heterocycles. The molecule has 0 radical (unpaired) electrons. The van der Waals surface area contributed by atoms with E-state index >= 15 is 0 Å². The number of anilines is 1. The number of carbonyl (C=O) groups is 2. The smallest absolute Gasteiger partial charge is 0.264 e. The molecule has 0 saturated heterocycles. The molecule has 0 saturated carbocycles. The summed E-state index contributed by atoms with van der Waals surface area (Å²) >= 11 is 5.98. The predicted octanol–water partition coefficient (Wildman–Crippen LogP) is 5.14. The summed E-state index contributed by atoms with van der Waals surface area (Å²) < 4.78 is 1.94. The summed E-state index contributed by atoms with van der Waals surface area (Å²) in [7, 11) is 0. The van der Waals surface area contributed by atoms with Crippen LogP contribution in [0.5, 0.6) is 0 Å². The molecule has 3 aromatic carbocycles. The lowest BCUT2D eigenvalue weighted by atomic mass is 9.88. The zero-order valence-corrected chi connectivity index (χ0v) is 18.4. The lowest BCUT2D eigenvalue weighted by Crippen LogP contribution is -2.41. The largest absolute Gasteiger partial charge is 0.375 e. The summed E-state index contributed by atoms with van der Waals surface area (Å²) in [5, 5.41) is 12.1. The average molecular weight is 457 g/mol. The zero-order valence-electron chi connectivity index (χ0n) is 17.7. The number of halogens is 1. The summed E-state index contributed by atoms with van der Waals surface area (Å²) in [6.45, 7) is 0.273. The Morgan fingerprint density at radius 2 is 1.55 bits per heavy atom. The number of fused-ring (bicyclic) bond motifs is 1. The lowest BCUT2D eigenvalue weighted by molar-refractivity contribution is -0.136. The van der Waals surface area contributed by atoms with Gasteiger partial charge in [0.1, 0.15) is 0 Å². The van der Waals surface area contributed by atoms with Crippen molar-refractivity contribution in [1.29, 1.82) is 0 Å². The van der Waals surface area contributed by atoms with Gasteiger partial charge in [-0.15, -0.1) is 0 Å². The molecule has 1 N–H and O–H groups in total. The fraction of sp³-hybridized carbons (Fsp3) is 0.111. The van der Waals surface area contributed by atoms with E-state index in [0.29, 0.717) is 21.8 Å². The summed E-state index contributed by atoms with van der Waals surface area (Å²) in [4.78, 5) is 28.1. The van der Waals surface area contributed by atoms with Gasteiger partial charge >= 0.3 is 0 Å². The fourth-order valence-corrected chi connectivity index (χ4v) is 4.39. The number of hydrogen-bond donors (Lipinski definition) is 1. The third-order valence-corrected chi connectivity index (χ3v) is 6.25. The zero-order chi connectivity index (χ0) is 23.0. The number of aromatic nitrogens is 1. The minimum Gasteiger partial charge on any atom is -0.375 e. The van der Waals surface area contributed by atoms with E-state index in [-0.39, 0.29) is 18.7 Å². The van der Waals surface area contributed by atoms with E-state index < -0.39 is 11.5 Å². The number of Topliss-reactive ketones (excluding diaryl/α,β-unsaturated/α-hetero) is 1. The second-order valence-corrected chi connectivity index (χ2v) is 8.57. The van der Waals surface area contributed by atoms with Gasteiger partial charge in [-0.3, -0.25) is 9.59 Å². The molecular formula is C27H21ClN2O3. The lowest BCUT2D eigenvalue weighted by Gasteiger charge is -2.23. The highest BCUT2D eigenvalue weighted by atomic mass is 35.5. The van der Waals surface area contributed by atoms with Crippen LogP contribution in [0.2, 0.25) is 5.02 Å². The molecule has 2 heterocycles. The highest BCUT2D eigenvalue weighted by molar-refractivity contribution is 6.30. The van der Waals surface area contributed by atoms with Gasteiger partial charge in [0.2, 0.25) is 0 Å². The topological polar surface area (TPSA) is 62.5 Å². The van der Waals surface area contributed by atoms with Crippen molar-refractivity contribution in [1.82, 2.24) is 4.57 Å². The third-order valence-electron chi connectivity index (χ3n) is 6.00. The quantitative estimate of drug-likeness (QED) is 0.409. The predicted molar refractivity (Wildman–Crippen MR) is 128 cm³/mol. The Balaban J connectivity index is 1.41. The van der Waals surface area contributed by atoms with Crippen molar-refractivity contribution in [3.8, 4) is 5.69 Å². The molecule has 5 nitrogen and oxygen atoms in total. The second kappa shape index (κ2) is 8.35. The van der Waals surface area contributed by atoms with Crippen LogP contribution >= 0.6 is 11.6 Å². The SMILES string of the molecule is O=C(C[C@]1(O)C(=O)N(Cc2ccc(Cl)cc2)c2ccccc21)c1ccc(-n2cccc2)cc1. The van der Waals surface area contributed by atoms with E-state index in [4.69, 9.17) is 11.6 Å². The fourth-order valence-electron chi connectivity index (χ4n) is 4.27. The van der Waals surface area contributed by atoms with Crippen molar-refractivity contribution in [3.63, 3.8) is 0 Å². The van der Waals surface area contributed by atoms with E-state index in [1.807, 2.05) is 59.4 Å². The minimum atomic E-state index is -1.92. The van der Waals surface area contributed by atoms with Crippen LogP contribution in [-0.4, -0.2) is 21.4 Å². The van der Waals surface area contributed by atoms with Gasteiger partial charge in [0.05, 0.1) is 18.7 Å². The van der Waals surface area contributed by atoms with Crippen molar-refractivity contribution >= 4 is 29.0 Å². The van der Waals surface area contributed by atoms with Crippen molar-refractivity contribution in [2.45, 2.75) is 18.6 Å². The molecule has 0 bridgehead atoms. The summed E-state index contributed by atoms with van der Waals surface area (Å²) in [5.74, 6) is -0.802. The van der Waals surface area contributed by atoms with Crippen LogP contribution < -0.4 is 4.90 Å². The maximum Gasteiger partial charge on any atom is 0.264 e. The van der Waals surface area contributed by atoms with Gasteiger partial charge in [-0.05, 0) is 60.2 Å². The van der Waals surface area contributed by atoms with E-state index in [2.05, 4.69) is 0 Å². The van der Waals surface area contributed by atoms with Gasteiger partial charge < -0.3 is 14.6 Å². The maximum absolute atomic E-state index is 13.4. The third kappa shape index (κ3) is 3.86. The van der Waals surface area contributed by atoms with Crippen molar-refractivity contribution in [2.24, 2.45) is 0 Å². The molecular weight excluding hydrogens is 436 g/mol. The summed E-state index contributed by atoms with van der Waals surface area (Å²) in [6.07, 6.45) is 3.51. The van der Waals surface area contributed by atoms with Crippen LogP contribution in [0.25, 0.3) is 5.69 Å². The van der Waals surface area contributed by atoms with Crippen molar-refractivity contribution in [2.75, 3.05) is 4.90 Å². The summed E-state index contributed by atoms with van der Waals surface area (Å²) in [5.41, 5.74) is 1.38. The molecule has 33 heavy (non-hydrogen) atoms. The Hall–Kier alpha value is -3.67. The first-order chi connectivity index (χ1) is 16.0. The molecule has 1 amide bonds. The number of aliphatic hydroxyl groups is 1. The number of hydrogen-bond acceptors (Lipinski definition) is 3. The number of rotatable bonds is 6. The molecule has 6 heteroatoms. The molecule has 1 aliphatic heterocycles. The Bertz CT molecular complexity index is 1310. The van der Waals surface area contributed by atoms with Crippen LogP contribution in [0.3, 0.4) is 0 Å². The van der Waals surface area contributed by atoms with Gasteiger partial charge in [-0.25, -0.2) is 0 Å². The first-order valence-corrected chi connectivity index (χ1v) is 11.0. The molecule has 0 aliphatic carbocycles. The van der Waals surface area contributed by atoms with E-state index in [1.165, 1.54) is 4.90 Å².